The van der Waals surface area contributed by atoms with Crippen molar-refractivity contribution in [3.63, 3.8) is 0 Å². The number of halogens is 1. The molecule has 4 heterocycles. The molecule has 1 atom stereocenters. The molecule has 3 saturated heterocycles. The fourth-order valence-electron chi connectivity index (χ4n) is 6.36. The first kappa shape index (κ1) is 25.3. The van der Waals surface area contributed by atoms with E-state index in [1.54, 1.807) is 13.1 Å². The molecule has 0 radical (unpaired) electrons. The maximum Gasteiger partial charge on any atom is 0.315 e. The molecule has 1 spiro atoms. The van der Waals surface area contributed by atoms with Crippen molar-refractivity contribution in [3.05, 3.63) is 29.6 Å². The number of hydrogen-bond acceptors (Lipinski definition) is 5. The van der Waals surface area contributed by atoms with Gasteiger partial charge in [-0.3, -0.25) is 4.79 Å². The van der Waals surface area contributed by atoms with Crippen molar-refractivity contribution in [3.8, 4) is 5.75 Å². The molecule has 4 aliphatic rings. The highest BCUT2D eigenvalue weighted by Crippen LogP contribution is 2.44. The fourth-order valence-corrected chi connectivity index (χ4v) is 6.36. The lowest BCUT2D eigenvalue weighted by atomic mass is 9.80. The minimum absolute atomic E-state index is 0.101. The average Bonchev–Trinajstić information content (AvgIpc) is 2.90. The summed E-state index contributed by atoms with van der Waals surface area (Å²) < 4.78 is 25.9. The maximum atomic E-state index is 13.9. The largest absolute Gasteiger partial charge is 0.487 e. The molecule has 1 aromatic carbocycles. The topological polar surface area (TPSA) is 83.1 Å². The van der Waals surface area contributed by atoms with E-state index in [2.05, 4.69) is 15.5 Å². The normalized spacial score (nSPS) is 25.2. The van der Waals surface area contributed by atoms with Gasteiger partial charge in [0.05, 0.1) is 6.04 Å². The van der Waals surface area contributed by atoms with E-state index in [9.17, 15) is 14.0 Å². The lowest BCUT2D eigenvalue weighted by Gasteiger charge is -2.47. The van der Waals surface area contributed by atoms with Crippen LogP contribution in [0.1, 0.15) is 56.6 Å². The molecule has 3 amide bonds. The number of fused-ring (bicyclic) bond motifs is 1. The number of ether oxygens (including phenoxy) is 2. The Kier molecular flexibility index (Phi) is 7.67. The van der Waals surface area contributed by atoms with Gasteiger partial charge in [-0.15, -0.1) is 0 Å². The molecular formula is C27H39FN4O4. The van der Waals surface area contributed by atoms with Crippen molar-refractivity contribution < 1.29 is 23.5 Å². The number of hydrogen-bond donors (Lipinski definition) is 2. The number of urea groups is 1. The third kappa shape index (κ3) is 5.62. The highest BCUT2D eigenvalue weighted by atomic mass is 19.1. The Balaban J connectivity index is 1.16. The predicted molar refractivity (Wildman–Crippen MR) is 133 cm³/mol. The van der Waals surface area contributed by atoms with Gasteiger partial charge in [-0.25, -0.2) is 9.18 Å². The van der Waals surface area contributed by atoms with Crippen LogP contribution in [0.5, 0.6) is 5.75 Å². The van der Waals surface area contributed by atoms with E-state index in [1.807, 2.05) is 4.90 Å². The van der Waals surface area contributed by atoms with Crippen LogP contribution in [0, 0.1) is 17.7 Å². The van der Waals surface area contributed by atoms with Gasteiger partial charge >= 0.3 is 6.03 Å². The molecule has 4 aliphatic heterocycles. The highest BCUT2D eigenvalue weighted by Gasteiger charge is 2.45. The molecule has 36 heavy (non-hydrogen) atoms. The summed E-state index contributed by atoms with van der Waals surface area (Å²) >= 11 is 0. The number of amides is 3. The van der Waals surface area contributed by atoms with Crippen LogP contribution in [0.2, 0.25) is 0 Å². The molecule has 3 fully saturated rings. The Morgan fingerprint density at radius 2 is 1.81 bits per heavy atom. The van der Waals surface area contributed by atoms with Gasteiger partial charge in [0.15, 0.2) is 0 Å². The van der Waals surface area contributed by atoms with Crippen molar-refractivity contribution in [2.45, 2.75) is 56.6 Å². The number of piperidine rings is 2. The quantitative estimate of drug-likeness (QED) is 0.661. The maximum absolute atomic E-state index is 13.9. The van der Waals surface area contributed by atoms with Crippen LogP contribution in [-0.2, 0) is 9.53 Å². The van der Waals surface area contributed by atoms with E-state index in [4.69, 9.17) is 9.47 Å². The first-order chi connectivity index (χ1) is 17.4. The Morgan fingerprint density at radius 1 is 1.08 bits per heavy atom. The number of carbonyl (C=O) groups excluding carboxylic acids is 2. The van der Waals surface area contributed by atoms with E-state index in [0.29, 0.717) is 43.7 Å². The van der Waals surface area contributed by atoms with Crippen molar-refractivity contribution in [2.75, 3.05) is 53.0 Å². The summed E-state index contributed by atoms with van der Waals surface area (Å²) in [5.41, 5.74) is 0.190. The Labute approximate surface area is 212 Å². The fraction of sp³-hybridized carbons (Fsp3) is 0.704. The highest BCUT2D eigenvalue weighted by molar-refractivity contribution is 5.79. The summed E-state index contributed by atoms with van der Waals surface area (Å²) in [6.45, 7) is 6.17. The van der Waals surface area contributed by atoms with Crippen LogP contribution in [0.15, 0.2) is 18.2 Å². The second-order valence-corrected chi connectivity index (χ2v) is 10.9. The third-order valence-corrected chi connectivity index (χ3v) is 8.56. The predicted octanol–water partition coefficient (Wildman–Crippen LogP) is 3.08. The molecule has 2 N–H and O–H groups in total. The SMILES string of the molecule is CNC(=O)NC1CC2(CCN(C(=O)C3CCN(CC4CCOCC4)CC3)CC2)Oc2ccc(F)cc21. The van der Waals surface area contributed by atoms with Gasteiger partial charge in [-0.1, -0.05) is 0 Å². The lowest BCUT2D eigenvalue weighted by molar-refractivity contribution is -0.141. The van der Waals surface area contributed by atoms with E-state index >= 15 is 0 Å². The smallest absolute Gasteiger partial charge is 0.315 e. The summed E-state index contributed by atoms with van der Waals surface area (Å²) in [4.78, 5) is 30.0. The zero-order valence-electron chi connectivity index (χ0n) is 21.3. The minimum Gasteiger partial charge on any atom is -0.487 e. The van der Waals surface area contributed by atoms with Crippen molar-refractivity contribution in [1.82, 2.24) is 20.4 Å². The van der Waals surface area contributed by atoms with Crippen molar-refractivity contribution >= 4 is 11.9 Å². The number of benzene rings is 1. The number of carbonyl (C=O) groups is 2. The zero-order chi connectivity index (χ0) is 25.1. The molecule has 0 aromatic heterocycles. The second kappa shape index (κ2) is 10.9. The first-order valence-electron chi connectivity index (χ1n) is 13.5. The van der Waals surface area contributed by atoms with Crippen LogP contribution < -0.4 is 15.4 Å². The second-order valence-electron chi connectivity index (χ2n) is 10.9. The van der Waals surface area contributed by atoms with E-state index in [0.717, 1.165) is 64.4 Å². The number of likely N-dealkylation sites (tertiary alicyclic amines) is 2. The number of nitrogens with zero attached hydrogens (tertiary/aromatic N) is 2. The van der Waals surface area contributed by atoms with Gasteiger partial charge in [0.25, 0.3) is 0 Å². The molecular weight excluding hydrogens is 463 g/mol. The van der Waals surface area contributed by atoms with E-state index in [1.165, 1.54) is 12.1 Å². The standard InChI is InChI=1S/C27H39FN4O4/c1-29-26(34)30-23-17-27(36-24-3-2-21(28)16-22(23)24)8-12-32(13-9-27)25(33)20-4-10-31(11-5-20)18-19-6-14-35-15-7-19/h2-3,16,19-20,23H,4-15,17-18H2,1H3,(H2,29,30,34). The van der Waals surface area contributed by atoms with Crippen LogP contribution >= 0.6 is 0 Å². The summed E-state index contributed by atoms with van der Waals surface area (Å²) in [6, 6.07) is 3.84. The van der Waals surface area contributed by atoms with E-state index in [-0.39, 0.29) is 29.7 Å². The van der Waals surface area contributed by atoms with Crippen LogP contribution in [-0.4, -0.2) is 80.3 Å². The molecule has 5 rings (SSSR count). The molecule has 0 aliphatic carbocycles. The Morgan fingerprint density at radius 3 is 2.50 bits per heavy atom. The molecule has 1 aromatic rings. The molecule has 9 heteroatoms. The number of nitrogens with one attached hydrogen (secondary N) is 2. The molecule has 198 valence electrons. The Hall–Kier alpha value is -2.39. The van der Waals surface area contributed by atoms with Crippen molar-refractivity contribution in [1.29, 1.82) is 0 Å². The minimum atomic E-state index is -0.472. The van der Waals surface area contributed by atoms with Gasteiger partial charge in [0.2, 0.25) is 5.91 Å². The molecule has 1 unspecified atom stereocenters. The molecule has 0 saturated carbocycles. The summed E-state index contributed by atoms with van der Waals surface area (Å²) in [7, 11) is 1.57. The lowest BCUT2D eigenvalue weighted by Crippen LogP contribution is -2.55. The van der Waals surface area contributed by atoms with Gasteiger partial charge in [0.1, 0.15) is 17.2 Å². The molecule has 8 nitrogen and oxygen atoms in total. The molecule has 0 bridgehead atoms. The number of rotatable bonds is 4. The van der Waals surface area contributed by atoms with E-state index < -0.39 is 5.60 Å². The van der Waals surface area contributed by atoms with Crippen LogP contribution in [0.25, 0.3) is 0 Å². The monoisotopic (exact) mass is 502 g/mol. The first-order valence-corrected chi connectivity index (χ1v) is 13.5. The average molecular weight is 503 g/mol. The Bertz CT molecular complexity index is 938. The van der Waals surface area contributed by atoms with Gasteiger partial charge in [-0.2, -0.15) is 0 Å². The zero-order valence-corrected chi connectivity index (χ0v) is 21.3. The third-order valence-electron chi connectivity index (χ3n) is 8.56. The van der Waals surface area contributed by atoms with Crippen LogP contribution in [0.3, 0.4) is 0 Å². The summed E-state index contributed by atoms with van der Waals surface area (Å²) in [5, 5.41) is 5.54. The summed E-state index contributed by atoms with van der Waals surface area (Å²) in [6.07, 6.45) is 6.11. The van der Waals surface area contributed by atoms with Gasteiger partial charge in [-0.05, 0) is 62.9 Å². The van der Waals surface area contributed by atoms with Crippen LogP contribution in [0.4, 0.5) is 9.18 Å². The van der Waals surface area contributed by atoms with Gasteiger partial charge < -0.3 is 29.9 Å². The summed E-state index contributed by atoms with van der Waals surface area (Å²) in [5.74, 6) is 1.36. The van der Waals surface area contributed by atoms with Crippen molar-refractivity contribution in [2.24, 2.45) is 11.8 Å². The van der Waals surface area contributed by atoms with Gasteiger partial charge in [0, 0.05) is 70.6 Å².